The molecular weight excluding hydrogens is 388 g/mol. The number of nitrogens with one attached hydrogen (secondary N) is 1. The SMILES string of the molecule is Cc1ccc(-c2nn(-c3ccccc3)cc2/C=N\NC(=O)c2ccccc2Cl)o1. The predicted molar refractivity (Wildman–Crippen MR) is 113 cm³/mol. The summed E-state index contributed by atoms with van der Waals surface area (Å²) in [6.07, 6.45) is 3.36. The van der Waals surface area contributed by atoms with Crippen molar-refractivity contribution in [2.75, 3.05) is 0 Å². The average molecular weight is 405 g/mol. The van der Waals surface area contributed by atoms with Gasteiger partial charge in [-0.3, -0.25) is 4.79 Å². The second kappa shape index (κ2) is 8.16. The van der Waals surface area contributed by atoms with E-state index in [1.807, 2.05) is 55.6 Å². The molecule has 0 fully saturated rings. The number of aromatic nitrogens is 2. The molecule has 0 aliphatic carbocycles. The summed E-state index contributed by atoms with van der Waals surface area (Å²) < 4.78 is 7.47. The summed E-state index contributed by atoms with van der Waals surface area (Å²) in [5, 5.41) is 9.08. The molecule has 29 heavy (non-hydrogen) atoms. The molecule has 0 saturated heterocycles. The van der Waals surface area contributed by atoms with Crippen LogP contribution in [0.4, 0.5) is 0 Å². The molecule has 2 heterocycles. The predicted octanol–water partition coefficient (Wildman–Crippen LogP) is 4.86. The Labute approximate surface area is 172 Å². The van der Waals surface area contributed by atoms with Gasteiger partial charge in [-0.25, -0.2) is 10.1 Å². The van der Waals surface area contributed by atoms with Gasteiger partial charge in [0, 0.05) is 11.8 Å². The third-order valence-corrected chi connectivity index (χ3v) is 4.55. The molecule has 0 aliphatic heterocycles. The number of benzene rings is 2. The highest BCUT2D eigenvalue weighted by Gasteiger charge is 2.14. The van der Waals surface area contributed by atoms with Gasteiger partial charge in [-0.05, 0) is 43.3 Å². The Balaban J connectivity index is 1.63. The number of nitrogens with zero attached hydrogens (tertiary/aromatic N) is 3. The van der Waals surface area contributed by atoms with Crippen LogP contribution < -0.4 is 5.43 Å². The monoisotopic (exact) mass is 404 g/mol. The minimum atomic E-state index is -0.391. The fraction of sp³-hybridized carbons (Fsp3) is 0.0455. The molecule has 6 nitrogen and oxygen atoms in total. The molecule has 4 rings (SSSR count). The number of carbonyl (C=O) groups excluding carboxylic acids is 1. The number of halogens is 1. The van der Waals surface area contributed by atoms with Crippen molar-refractivity contribution < 1.29 is 9.21 Å². The van der Waals surface area contributed by atoms with Crippen LogP contribution in [0.5, 0.6) is 0 Å². The average Bonchev–Trinajstić information content (AvgIpc) is 3.35. The van der Waals surface area contributed by atoms with Gasteiger partial charge in [0.2, 0.25) is 0 Å². The number of hydrazone groups is 1. The van der Waals surface area contributed by atoms with Crippen LogP contribution in [0.3, 0.4) is 0 Å². The summed E-state index contributed by atoms with van der Waals surface area (Å²) in [6.45, 7) is 1.87. The molecule has 7 heteroatoms. The Hall–Kier alpha value is -3.64. The van der Waals surface area contributed by atoms with E-state index in [4.69, 9.17) is 16.0 Å². The van der Waals surface area contributed by atoms with E-state index in [1.54, 1.807) is 28.9 Å². The Morgan fingerprint density at radius 2 is 1.86 bits per heavy atom. The number of aryl methyl sites for hydroxylation is 1. The lowest BCUT2D eigenvalue weighted by Crippen LogP contribution is -2.17. The molecule has 4 aromatic rings. The summed E-state index contributed by atoms with van der Waals surface area (Å²) in [7, 11) is 0. The summed E-state index contributed by atoms with van der Waals surface area (Å²) in [5.41, 5.74) is 5.07. The molecule has 2 aromatic heterocycles. The van der Waals surface area contributed by atoms with E-state index >= 15 is 0 Å². The van der Waals surface area contributed by atoms with Gasteiger partial charge < -0.3 is 4.42 Å². The molecule has 0 bridgehead atoms. The fourth-order valence-electron chi connectivity index (χ4n) is 2.81. The third-order valence-electron chi connectivity index (χ3n) is 4.23. The van der Waals surface area contributed by atoms with Crippen LogP contribution in [0, 0.1) is 6.92 Å². The van der Waals surface area contributed by atoms with Gasteiger partial charge in [-0.2, -0.15) is 10.2 Å². The van der Waals surface area contributed by atoms with Crippen molar-refractivity contribution in [1.82, 2.24) is 15.2 Å². The first kappa shape index (κ1) is 18.7. The Bertz CT molecular complexity index is 1180. The Kier molecular flexibility index (Phi) is 5.27. The molecule has 0 aliphatic rings. The quantitative estimate of drug-likeness (QED) is 0.381. The molecule has 0 radical (unpaired) electrons. The Morgan fingerprint density at radius 1 is 1.10 bits per heavy atom. The smallest absolute Gasteiger partial charge is 0.272 e. The van der Waals surface area contributed by atoms with E-state index in [-0.39, 0.29) is 0 Å². The van der Waals surface area contributed by atoms with Gasteiger partial charge in [0.1, 0.15) is 11.5 Å². The van der Waals surface area contributed by atoms with Gasteiger partial charge in [0.05, 0.1) is 22.5 Å². The minimum absolute atomic E-state index is 0.355. The van der Waals surface area contributed by atoms with Crippen molar-refractivity contribution >= 4 is 23.7 Å². The van der Waals surface area contributed by atoms with Gasteiger partial charge in [-0.15, -0.1) is 0 Å². The van der Waals surface area contributed by atoms with Gasteiger partial charge >= 0.3 is 0 Å². The summed E-state index contributed by atoms with van der Waals surface area (Å²) >= 11 is 6.06. The van der Waals surface area contributed by atoms with E-state index in [2.05, 4.69) is 15.6 Å². The van der Waals surface area contributed by atoms with Crippen LogP contribution in [-0.2, 0) is 0 Å². The van der Waals surface area contributed by atoms with Crippen LogP contribution in [0.15, 0.2) is 82.4 Å². The molecule has 2 aromatic carbocycles. The zero-order valence-corrected chi connectivity index (χ0v) is 16.3. The highest BCUT2D eigenvalue weighted by atomic mass is 35.5. The molecule has 144 valence electrons. The van der Waals surface area contributed by atoms with Crippen molar-refractivity contribution in [3.8, 4) is 17.1 Å². The van der Waals surface area contributed by atoms with Crippen molar-refractivity contribution in [2.24, 2.45) is 5.10 Å². The number of hydrogen-bond donors (Lipinski definition) is 1. The van der Waals surface area contributed by atoms with Crippen LogP contribution in [0.2, 0.25) is 5.02 Å². The Morgan fingerprint density at radius 3 is 2.59 bits per heavy atom. The van der Waals surface area contributed by atoms with E-state index in [0.717, 1.165) is 11.4 Å². The maximum absolute atomic E-state index is 12.3. The first-order valence-corrected chi connectivity index (χ1v) is 9.29. The molecule has 0 spiro atoms. The van der Waals surface area contributed by atoms with Crippen molar-refractivity contribution in [1.29, 1.82) is 0 Å². The van der Waals surface area contributed by atoms with Gasteiger partial charge in [0.15, 0.2) is 5.76 Å². The van der Waals surface area contributed by atoms with E-state index in [9.17, 15) is 4.79 Å². The number of furan rings is 1. The summed E-state index contributed by atoms with van der Waals surface area (Å²) in [6, 6.07) is 20.2. The maximum atomic E-state index is 12.3. The second-order valence-corrected chi connectivity index (χ2v) is 6.71. The van der Waals surface area contributed by atoms with Crippen molar-refractivity contribution in [2.45, 2.75) is 6.92 Å². The number of para-hydroxylation sites is 1. The molecular formula is C22H17ClN4O2. The highest BCUT2D eigenvalue weighted by molar-refractivity contribution is 6.33. The second-order valence-electron chi connectivity index (χ2n) is 6.30. The summed E-state index contributed by atoms with van der Waals surface area (Å²) in [4.78, 5) is 12.3. The molecule has 1 N–H and O–H groups in total. The van der Waals surface area contributed by atoms with Crippen LogP contribution >= 0.6 is 11.6 Å². The van der Waals surface area contributed by atoms with Crippen LogP contribution in [0.1, 0.15) is 21.7 Å². The molecule has 0 unspecified atom stereocenters. The lowest BCUT2D eigenvalue weighted by molar-refractivity contribution is 0.0955. The van der Waals surface area contributed by atoms with Crippen molar-refractivity contribution in [3.63, 3.8) is 0 Å². The minimum Gasteiger partial charge on any atom is -0.460 e. The van der Waals surface area contributed by atoms with Gasteiger partial charge in [0.25, 0.3) is 5.91 Å². The first-order chi connectivity index (χ1) is 14.1. The third kappa shape index (κ3) is 4.12. The van der Waals surface area contributed by atoms with E-state index in [1.165, 1.54) is 6.21 Å². The van der Waals surface area contributed by atoms with Crippen molar-refractivity contribution in [3.05, 3.63) is 94.8 Å². The highest BCUT2D eigenvalue weighted by Crippen LogP contribution is 2.24. The molecule has 0 atom stereocenters. The molecule has 1 amide bonds. The van der Waals surface area contributed by atoms with Crippen LogP contribution in [0.25, 0.3) is 17.1 Å². The number of hydrogen-bond acceptors (Lipinski definition) is 4. The normalized spacial score (nSPS) is 11.1. The van der Waals surface area contributed by atoms with Crippen LogP contribution in [-0.4, -0.2) is 21.9 Å². The first-order valence-electron chi connectivity index (χ1n) is 8.91. The summed E-state index contributed by atoms with van der Waals surface area (Å²) in [5.74, 6) is 1.01. The maximum Gasteiger partial charge on any atom is 0.272 e. The molecule has 0 saturated carbocycles. The standard InChI is InChI=1S/C22H17ClN4O2/c1-15-11-12-20(29-15)21-16(14-27(26-21)17-7-3-2-4-8-17)13-24-25-22(28)18-9-5-6-10-19(18)23/h2-14H,1H3,(H,25,28)/b24-13-. The number of rotatable bonds is 5. The lowest BCUT2D eigenvalue weighted by Gasteiger charge is -2.01. The zero-order valence-electron chi connectivity index (χ0n) is 15.5. The largest absolute Gasteiger partial charge is 0.460 e. The van der Waals surface area contributed by atoms with E-state index in [0.29, 0.717) is 27.6 Å². The van der Waals surface area contributed by atoms with Gasteiger partial charge in [-0.1, -0.05) is 41.9 Å². The fourth-order valence-corrected chi connectivity index (χ4v) is 3.04. The zero-order chi connectivity index (χ0) is 20.2. The van der Waals surface area contributed by atoms with E-state index < -0.39 is 5.91 Å². The topological polar surface area (TPSA) is 72.4 Å². The lowest BCUT2D eigenvalue weighted by atomic mass is 10.2. The number of carbonyl (C=O) groups is 1. The number of amides is 1.